The molecule has 2 aromatic rings. The number of nitrogens with one attached hydrogen (secondary N) is 2. The van der Waals surface area contributed by atoms with Crippen molar-refractivity contribution in [2.24, 2.45) is 23.7 Å². The van der Waals surface area contributed by atoms with Crippen molar-refractivity contribution in [3.05, 3.63) is 65.7 Å². The number of nitrogens with two attached hydrogens (primary N) is 1. The fourth-order valence-electron chi connectivity index (χ4n) is 8.74. The van der Waals surface area contributed by atoms with E-state index in [1.807, 2.05) is 108 Å². The summed E-state index contributed by atoms with van der Waals surface area (Å²) in [5.41, 5.74) is 8.37. The fraction of sp³-hybridized carbons (Fsp3) is 0.652. The zero-order chi connectivity index (χ0) is 44.1. The molecule has 0 aromatic heterocycles. The van der Waals surface area contributed by atoms with Crippen LogP contribution < -0.4 is 16.4 Å². The van der Waals surface area contributed by atoms with Crippen LogP contribution in [0.15, 0.2) is 54.6 Å². The zero-order valence-corrected chi connectivity index (χ0v) is 37.7. The molecule has 0 saturated carbocycles. The molecule has 5 N–H and O–H groups in total. The molecule has 13 nitrogen and oxygen atoms in total. The minimum Gasteiger partial charge on any atom is -0.399 e. The molecular formula is C46H74N6O7. The summed E-state index contributed by atoms with van der Waals surface area (Å²) in [4.78, 5) is 61.8. The van der Waals surface area contributed by atoms with Crippen LogP contribution in [0.1, 0.15) is 98.3 Å². The molecule has 330 valence electrons. The maximum absolute atomic E-state index is 14.5. The number of rotatable bonds is 22. The van der Waals surface area contributed by atoms with Crippen LogP contribution in [-0.2, 0) is 35.2 Å². The van der Waals surface area contributed by atoms with Gasteiger partial charge < -0.3 is 40.7 Å². The second-order valence-electron chi connectivity index (χ2n) is 17.3. The van der Waals surface area contributed by atoms with Crippen LogP contribution in [0.25, 0.3) is 0 Å². The summed E-state index contributed by atoms with van der Waals surface area (Å²) in [6.07, 6.45) is 0.0286. The number of amides is 4. The molecule has 13 heteroatoms. The topological polar surface area (TPSA) is 167 Å². The number of hydrogen-bond donors (Lipinski definition) is 4. The number of ether oxygens (including phenoxy) is 2. The second kappa shape index (κ2) is 23.1. The first-order valence-corrected chi connectivity index (χ1v) is 21.4. The van der Waals surface area contributed by atoms with E-state index in [-0.39, 0.29) is 53.8 Å². The van der Waals surface area contributed by atoms with Crippen molar-refractivity contribution >= 4 is 29.3 Å². The molecule has 1 aliphatic heterocycles. The predicted octanol–water partition coefficient (Wildman–Crippen LogP) is 5.02. The van der Waals surface area contributed by atoms with Gasteiger partial charge in [0.05, 0.1) is 54.8 Å². The minimum absolute atomic E-state index is 0.0138. The molecular weight excluding hydrogens is 749 g/mol. The first-order valence-electron chi connectivity index (χ1n) is 21.4. The van der Waals surface area contributed by atoms with Gasteiger partial charge in [-0.25, -0.2) is 0 Å². The monoisotopic (exact) mass is 823 g/mol. The highest BCUT2D eigenvalue weighted by Crippen LogP contribution is 2.30. The van der Waals surface area contributed by atoms with Crippen molar-refractivity contribution in [2.45, 2.75) is 136 Å². The lowest BCUT2D eigenvalue weighted by molar-refractivity contribution is -0.148. The van der Waals surface area contributed by atoms with Gasteiger partial charge in [-0.2, -0.15) is 0 Å². The molecule has 0 radical (unpaired) electrons. The quantitative estimate of drug-likeness (QED) is 0.119. The van der Waals surface area contributed by atoms with E-state index in [2.05, 4.69) is 10.6 Å². The van der Waals surface area contributed by atoms with E-state index >= 15 is 0 Å². The number of methoxy groups -OCH3 is 2. The second-order valence-corrected chi connectivity index (χ2v) is 17.3. The Morgan fingerprint density at radius 1 is 0.898 bits per heavy atom. The summed E-state index contributed by atoms with van der Waals surface area (Å²) in [5.74, 6) is -1.83. The van der Waals surface area contributed by atoms with Crippen molar-refractivity contribution in [3.8, 4) is 0 Å². The Labute approximate surface area is 353 Å². The third-order valence-corrected chi connectivity index (χ3v) is 12.2. The Bertz CT molecular complexity index is 1640. The van der Waals surface area contributed by atoms with E-state index in [0.717, 1.165) is 18.4 Å². The summed E-state index contributed by atoms with van der Waals surface area (Å²) in [5, 5.41) is 16.9. The minimum atomic E-state index is -0.885. The molecule has 10 atom stereocenters. The number of nitrogen functional groups attached to an aromatic ring is 1. The third kappa shape index (κ3) is 13.0. The Balaban J connectivity index is 1.77. The van der Waals surface area contributed by atoms with Crippen LogP contribution in [0, 0.1) is 23.7 Å². The molecule has 1 heterocycles. The van der Waals surface area contributed by atoms with Crippen molar-refractivity contribution in [1.82, 2.24) is 25.3 Å². The largest absolute Gasteiger partial charge is 0.399 e. The van der Waals surface area contributed by atoms with Gasteiger partial charge in [-0.05, 0) is 67.8 Å². The van der Waals surface area contributed by atoms with E-state index in [9.17, 15) is 24.3 Å². The number of hydrogen-bond acceptors (Lipinski definition) is 9. The SMILES string of the molecule is CC[C@H](C)C([C@@H](CC(=O)N1CCC[C@H]1[C@H](OC)[C@@H](C)C(=O)N[C@H](C)[C@@H](O)c1ccccc1)OC)N(C)C(=O)[C@@H](NC(=O)[C@H](C(C)C)N(C)Cc1cccc(N)c1)C(C)C. The summed E-state index contributed by atoms with van der Waals surface area (Å²) < 4.78 is 12.0. The Morgan fingerprint density at radius 3 is 2.12 bits per heavy atom. The number of likely N-dealkylation sites (N-methyl/N-ethyl adjacent to an activating group) is 2. The number of carbonyl (C=O) groups is 4. The van der Waals surface area contributed by atoms with Gasteiger partial charge in [0.15, 0.2) is 0 Å². The average Bonchev–Trinajstić information content (AvgIpc) is 3.68. The smallest absolute Gasteiger partial charge is 0.245 e. The summed E-state index contributed by atoms with van der Waals surface area (Å²) in [7, 11) is 6.76. The lowest BCUT2D eigenvalue weighted by Gasteiger charge is -2.41. The molecule has 4 amide bonds. The maximum atomic E-state index is 14.5. The van der Waals surface area contributed by atoms with Gasteiger partial charge in [0.25, 0.3) is 0 Å². The van der Waals surface area contributed by atoms with Gasteiger partial charge in [0, 0.05) is 40.0 Å². The van der Waals surface area contributed by atoms with E-state index in [0.29, 0.717) is 30.8 Å². The Kier molecular flexibility index (Phi) is 19.3. The van der Waals surface area contributed by atoms with Gasteiger partial charge >= 0.3 is 0 Å². The van der Waals surface area contributed by atoms with Gasteiger partial charge in [-0.3, -0.25) is 24.1 Å². The van der Waals surface area contributed by atoms with Crippen LogP contribution in [0.2, 0.25) is 0 Å². The Morgan fingerprint density at radius 2 is 1.56 bits per heavy atom. The zero-order valence-electron chi connectivity index (χ0n) is 37.7. The first kappa shape index (κ1) is 49.3. The Hall–Kier alpha value is -4.04. The van der Waals surface area contributed by atoms with Crippen molar-refractivity contribution in [3.63, 3.8) is 0 Å². The summed E-state index contributed by atoms with van der Waals surface area (Å²) >= 11 is 0. The molecule has 1 fully saturated rings. The lowest BCUT2D eigenvalue weighted by Crippen LogP contribution is -2.60. The van der Waals surface area contributed by atoms with Crippen LogP contribution in [0.5, 0.6) is 0 Å². The van der Waals surface area contributed by atoms with E-state index in [1.165, 1.54) is 0 Å². The normalized spacial score (nSPS) is 19.1. The molecule has 0 bridgehead atoms. The third-order valence-electron chi connectivity index (χ3n) is 12.2. The highest BCUT2D eigenvalue weighted by molar-refractivity contribution is 5.90. The number of aliphatic hydroxyl groups is 1. The van der Waals surface area contributed by atoms with E-state index in [1.54, 1.807) is 44.9 Å². The molecule has 0 spiro atoms. The number of anilines is 1. The average molecular weight is 823 g/mol. The molecule has 0 aliphatic carbocycles. The highest BCUT2D eigenvalue weighted by Gasteiger charge is 2.43. The molecule has 1 aliphatic rings. The van der Waals surface area contributed by atoms with Crippen molar-refractivity contribution < 1.29 is 33.8 Å². The lowest BCUT2D eigenvalue weighted by atomic mass is 9.89. The predicted molar refractivity (Wildman–Crippen MR) is 233 cm³/mol. The van der Waals surface area contributed by atoms with Crippen LogP contribution in [0.4, 0.5) is 5.69 Å². The van der Waals surface area contributed by atoms with Gasteiger partial charge in [-0.1, -0.05) is 97.4 Å². The molecule has 1 saturated heterocycles. The number of nitrogens with zero attached hydrogens (tertiary/aromatic N) is 3. The number of benzene rings is 2. The highest BCUT2D eigenvalue weighted by atomic mass is 16.5. The molecule has 1 unspecified atom stereocenters. The molecule has 59 heavy (non-hydrogen) atoms. The summed E-state index contributed by atoms with van der Waals surface area (Å²) in [6, 6.07) is 14.1. The van der Waals surface area contributed by atoms with Crippen molar-refractivity contribution in [1.29, 1.82) is 0 Å². The summed E-state index contributed by atoms with van der Waals surface area (Å²) in [6.45, 7) is 16.5. The number of carbonyl (C=O) groups excluding carboxylic acids is 4. The van der Waals surface area contributed by atoms with Crippen LogP contribution in [0.3, 0.4) is 0 Å². The standard InChI is InChI=1S/C46H74N6O7/c1-13-30(6)41(51(10)46(57)39(28(2)3)49-45(56)40(29(4)5)50(9)27-33-19-17-22-35(47)25-33)37(58-11)26-38(53)52-24-18-23-36(52)43(59-12)31(7)44(55)48-32(8)42(54)34-20-15-14-16-21-34/h14-17,19-22,25,28-32,36-37,39-43,54H,13,18,23-24,26-27,47H2,1-12H3,(H,48,55)(H,49,56)/t30-,31+,32+,36-,37+,39-,40-,41?,42+,43+/m0/s1. The van der Waals surface area contributed by atoms with Gasteiger partial charge in [-0.15, -0.1) is 0 Å². The van der Waals surface area contributed by atoms with Crippen molar-refractivity contribution in [2.75, 3.05) is 40.6 Å². The fourth-order valence-corrected chi connectivity index (χ4v) is 8.74. The maximum Gasteiger partial charge on any atom is 0.245 e. The molecule has 3 rings (SSSR count). The van der Waals surface area contributed by atoms with E-state index in [4.69, 9.17) is 15.2 Å². The number of likely N-dealkylation sites (tertiary alicyclic amines) is 1. The van der Waals surface area contributed by atoms with Crippen LogP contribution in [-0.4, -0.2) is 121 Å². The number of aliphatic hydroxyl groups excluding tert-OH is 1. The van der Waals surface area contributed by atoms with Gasteiger partial charge in [0.2, 0.25) is 23.6 Å². The van der Waals surface area contributed by atoms with Gasteiger partial charge in [0.1, 0.15) is 6.04 Å². The molecule has 2 aromatic carbocycles. The van der Waals surface area contributed by atoms with E-state index < -0.39 is 48.4 Å². The van der Waals surface area contributed by atoms with Crippen LogP contribution >= 0.6 is 0 Å². The first-order chi connectivity index (χ1) is 27.9.